The van der Waals surface area contributed by atoms with E-state index < -0.39 is 20.4 Å². The molecule has 6 nitrogen and oxygen atoms in total. The van der Waals surface area contributed by atoms with Crippen LogP contribution in [0.1, 0.15) is 16.7 Å². The monoisotopic (exact) mass is 348 g/mol. The number of aryl methyl sites for hydroxylation is 2. The molecule has 0 aliphatic rings. The first-order chi connectivity index (χ1) is 11.2. The molecule has 2 aromatic rings. The average Bonchev–Trinajstić information content (AvgIpc) is 2.48. The molecule has 0 aliphatic carbocycles. The minimum absolute atomic E-state index is 0.274. The van der Waals surface area contributed by atoms with Crippen LogP contribution in [-0.2, 0) is 16.3 Å². The van der Waals surface area contributed by atoms with Gasteiger partial charge in [0.15, 0.2) is 9.84 Å². The summed E-state index contributed by atoms with van der Waals surface area (Å²) in [5.41, 5.74) is 3.76. The molecule has 2 rings (SSSR count). The fraction of sp³-hybridized carbons (Fsp3) is 0.294. The molecule has 0 fully saturated rings. The van der Waals surface area contributed by atoms with Crippen LogP contribution in [0.25, 0.3) is 0 Å². The predicted octanol–water partition coefficient (Wildman–Crippen LogP) is 3.27. The van der Waals surface area contributed by atoms with Crippen molar-refractivity contribution in [2.24, 2.45) is 0 Å². The standard InChI is InChI=1S/C17H20N2O4S/c1-12-4-5-14(13(2)10-12)8-9-18-15-6-7-16(19(20)21)17(11-15)24(3,22)23/h4-7,10-11,18H,8-9H2,1-3H3. The molecule has 24 heavy (non-hydrogen) atoms. The molecule has 0 amide bonds. The van der Waals surface area contributed by atoms with E-state index in [0.717, 1.165) is 12.7 Å². The summed E-state index contributed by atoms with van der Waals surface area (Å²) in [5, 5.41) is 14.1. The van der Waals surface area contributed by atoms with Crippen molar-refractivity contribution >= 4 is 21.2 Å². The van der Waals surface area contributed by atoms with Gasteiger partial charge in [-0.2, -0.15) is 0 Å². The van der Waals surface area contributed by atoms with Gasteiger partial charge < -0.3 is 5.32 Å². The average molecular weight is 348 g/mol. The summed E-state index contributed by atoms with van der Waals surface area (Å²) in [6.45, 7) is 4.69. The molecule has 0 saturated carbocycles. The van der Waals surface area contributed by atoms with E-state index in [2.05, 4.69) is 30.4 Å². The third-order valence-electron chi connectivity index (χ3n) is 3.78. The highest BCUT2D eigenvalue weighted by atomic mass is 32.2. The Hall–Kier alpha value is -2.41. The highest BCUT2D eigenvalue weighted by Gasteiger charge is 2.22. The van der Waals surface area contributed by atoms with Gasteiger partial charge in [0.2, 0.25) is 0 Å². The smallest absolute Gasteiger partial charge is 0.288 e. The maximum atomic E-state index is 11.7. The molecule has 0 saturated heterocycles. The van der Waals surface area contributed by atoms with Crippen LogP contribution in [0.5, 0.6) is 0 Å². The Labute approximate surface area is 141 Å². The van der Waals surface area contributed by atoms with E-state index in [4.69, 9.17) is 0 Å². The zero-order chi connectivity index (χ0) is 17.9. The van der Waals surface area contributed by atoms with E-state index >= 15 is 0 Å². The number of rotatable bonds is 6. The largest absolute Gasteiger partial charge is 0.385 e. The van der Waals surface area contributed by atoms with Gasteiger partial charge in [-0.25, -0.2) is 8.42 Å². The van der Waals surface area contributed by atoms with Crippen molar-refractivity contribution in [3.05, 3.63) is 63.2 Å². The Morgan fingerprint density at radius 2 is 1.83 bits per heavy atom. The zero-order valence-corrected chi connectivity index (χ0v) is 14.7. The van der Waals surface area contributed by atoms with E-state index in [1.54, 1.807) is 0 Å². The fourth-order valence-electron chi connectivity index (χ4n) is 2.54. The second-order valence-corrected chi connectivity index (χ2v) is 7.80. The number of hydrogen-bond acceptors (Lipinski definition) is 5. The maximum absolute atomic E-state index is 11.7. The van der Waals surface area contributed by atoms with Crippen LogP contribution in [0.15, 0.2) is 41.3 Å². The van der Waals surface area contributed by atoms with Gasteiger partial charge in [-0.05, 0) is 43.5 Å². The van der Waals surface area contributed by atoms with Gasteiger partial charge in [0.05, 0.1) is 4.92 Å². The van der Waals surface area contributed by atoms with Gasteiger partial charge in [-0.1, -0.05) is 23.8 Å². The lowest BCUT2D eigenvalue weighted by Gasteiger charge is -2.10. The molecule has 0 radical (unpaired) electrons. The van der Waals surface area contributed by atoms with Crippen LogP contribution in [-0.4, -0.2) is 26.1 Å². The number of hydrogen-bond donors (Lipinski definition) is 1. The fourth-order valence-corrected chi connectivity index (χ4v) is 3.40. The minimum Gasteiger partial charge on any atom is -0.385 e. The molecule has 0 heterocycles. The number of nitrogens with zero attached hydrogens (tertiary/aromatic N) is 1. The third kappa shape index (κ3) is 4.32. The Balaban J connectivity index is 2.14. The van der Waals surface area contributed by atoms with Crippen molar-refractivity contribution in [1.82, 2.24) is 0 Å². The summed E-state index contributed by atoms with van der Waals surface area (Å²) >= 11 is 0. The summed E-state index contributed by atoms with van der Waals surface area (Å²) in [5.74, 6) is 0. The van der Waals surface area contributed by atoms with Gasteiger partial charge in [0.1, 0.15) is 4.90 Å². The van der Waals surface area contributed by atoms with E-state index in [1.807, 2.05) is 6.92 Å². The molecular formula is C17H20N2O4S. The lowest BCUT2D eigenvalue weighted by Crippen LogP contribution is -2.08. The molecule has 7 heteroatoms. The van der Waals surface area contributed by atoms with Crippen molar-refractivity contribution in [1.29, 1.82) is 0 Å². The summed E-state index contributed by atoms with van der Waals surface area (Å²) in [7, 11) is -3.67. The van der Waals surface area contributed by atoms with E-state index in [1.165, 1.54) is 34.9 Å². The SMILES string of the molecule is Cc1ccc(CCNc2ccc([N+](=O)[O-])c(S(C)(=O)=O)c2)c(C)c1. The van der Waals surface area contributed by atoms with Gasteiger partial charge >= 0.3 is 0 Å². The van der Waals surface area contributed by atoms with Crippen molar-refractivity contribution in [2.75, 3.05) is 18.1 Å². The van der Waals surface area contributed by atoms with Crippen LogP contribution in [0.4, 0.5) is 11.4 Å². The molecule has 0 aromatic heterocycles. The molecule has 0 spiro atoms. The Morgan fingerprint density at radius 3 is 2.42 bits per heavy atom. The Kier molecular flexibility index (Phi) is 5.23. The van der Waals surface area contributed by atoms with Gasteiger partial charge in [-0.15, -0.1) is 0 Å². The second-order valence-electron chi connectivity index (χ2n) is 5.82. The Bertz CT molecular complexity index is 876. The van der Waals surface area contributed by atoms with Crippen LogP contribution in [0, 0.1) is 24.0 Å². The second kappa shape index (κ2) is 7.00. The summed E-state index contributed by atoms with van der Waals surface area (Å²) < 4.78 is 23.5. The number of benzene rings is 2. The topological polar surface area (TPSA) is 89.3 Å². The predicted molar refractivity (Wildman–Crippen MR) is 94.3 cm³/mol. The lowest BCUT2D eigenvalue weighted by atomic mass is 10.0. The van der Waals surface area contributed by atoms with E-state index in [0.29, 0.717) is 12.2 Å². The van der Waals surface area contributed by atoms with Crippen LogP contribution in [0.3, 0.4) is 0 Å². The number of nitrogens with one attached hydrogen (secondary N) is 1. The van der Waals surface area contributed by atoms with Crippen molar-refractivity contribution in [2.45, 2.75) is 25.2 Å². The van der Waals surface area contributed by atoms with Crippen molar-refractivity contribution < 1.29 is 13.3 Å². The van der Waals surface area contributed by atoms with Gasteiger partial charge in [0, 0.05) is 24.6 Å². The Morgan fingerprint density at radius 1 is 1.12 bits per heavy atom. The maximum Gasteiger partial charge on any atom is 0.288 e. The molecule has 128 valence electrons. The summed E-state index contributed by atoms with van der Waals surface area (Å²) in [4.78, 5) is 10.0. The highest BCUT2D eigenvalue weighted by molar-refractivity contribution is 7.90. The molecule has 0 aliphatic heterocycles. The third-order valence-corrected chi connectivity index (χ3v) is 4.90. The van der Waals surface area contributed by atoms with Crippen LogP contribution in [0.2, 0.25) is 0 Å². The zero-order valence-electron chi connectivity index (χ0n) is 13.9. The number of nitro benzene ring substituents is 1. The highest BCUT2D eigenvalue weighted by Crippen LogP contribution is 2.27. The molecule has 0 unspecified atom stereocenters. The lowest BCUT2D eigenvalue weighted by molar-refractivity contribution is -0.387. The van der Waals surface area contributed by atoms with E-state index in [-0.39, 0.29) is 4.90 Å². The summed E-state index contributed by atoms with van der Waals surface area (Å²) in [6.07, 6.45) is 1.74. The van der Waals surface area contributed by atoms with Crippen molar-refractivity contribution in [3.8, 4) is 0 Å². The molecular weight excluding hydrogens is 328 g/mol. The number of anilines is 1. The number of sulfone groups is 1. The van der Waals surface area contributed by atoms with Crippen LogP contribution < -0.4 is 5.32 Å². The van der Waals surface area contributed by atoms with Gasteiger partial charge in [0.25, 0.3) is 5.69 Å². The van der Waals surface area contributed by atoms with Crippen LogP contribution >= 0.6 is 0 Å². The first kappa shape index (κ1) is 17.9. The normalized spacial score (nSPS) is 11.3. The molecule has 2 aromatic carbocycles. The minimum atomic E-state index is -3.67. The van der Waals surface area contributed by atoms with Gasteiger partial charge in [-0.3, -0.25) is 10.1 Å². The quantitative estimate of drug-likeness (QED) is 0.639. The van der Waals surface area contributed by atoms with E-state index in [9.17, 15) is 18.5 Å². The summed E-state index contributed by atoms with van der Waals surface area (Å²) in [6, 6.07) is 10.3. The number of nitro groups is 1. The molecule has 0 atom stereocenters. The first-order valence-electron chi connectivity index (χ1n) is 7.47. The molecule has 1 N–H and O–H groups in total. The first-order valence-corrected chi connectivity index (χ1v) is 9.36. The molecule has 0 bridgehead atoms. The van der Waals surface area contributed by atoms with Crippen molar-refractivity contribution in [3.63, 3.8) is 0 Å².